The molecule has 0 unspecified atom stereocenters. The maximum atomic E-state index is 12.3. The molecular formula is C16H10Cl2N4O3S. The first-order valence-corrected chi connectivity index (χ1v) is 8.82. The lowest BCUT2D eigenvalue weighted by atomic mass is 10.2. The summed E-state index contributed by atoms with van der Waals surface area (Å²) in [5.74, 6) is -0.529. The zero-order valence-corrected chi connectivity index (χ0v) is 15.3. The highest BCUT2D eigenvalue weighted by Crippen LogP contribution is 2.26. The van der Waals surface area contributed by atoms with Crippen molar-refractivity contribution in [2.75, 3.05) is 5.32 Å². The number of hydrogen-bond acceptors (Lipinski definition) is 6. The predicted octanol–water partition coefficient (Wildman–Crippen LogP) is 4.60. The lowest BCUT2D eigenvalue weighted by Gasteiger charge is -2.02. The van der Waals surface area contributed by atoms with Crippen molar-refractivity contribution in [1.82, 2.24) is 10.2 Å². The van der Waals surface area contributed by atoms with E-state index in [9.17, 15) is 14.9 Å². The summed E-state index contributed by atoms with van der Waals surface area (Å²) in [6.07, 6.45) is 0.553. The highest BCUT2D eigenvalue weighted by Gasteiger charge is 2.17. The second kappa shape index (κ2) is 7.77. The molecule has 10 heteroatoms. The fraction of sp³-hybridized carbons (Fsp3) is 0.0625. The van der Waals surface area contributed by atoms with Crippen LogP contribution in [-0.4, -0.2) is 21.0 Å². The number of aromatic nitrogens is 2. The van der Waals surface area contributed by atoms with Crippen molar-refractivity contribution in [3.05, 3.63) is 78.8 Å². The Morgan fingerprint density at radius 2 is 1.88 bits per heavy atom. The Bertz CT molecular complexity index is 976. The van der Waals surface area contributed by atoms with E-state index in [2.05, 4.69) is 15.5 Å². The van der Waals surface area contributed by atoms with Gasteiger partial charge >= 0.3 is 0 Å². The predicted molar refractivity (Wildman–Crippen MR) is 100 cm³/mol. The van der Waals surface area contributed by atoms with Gasteiger partial charge in [-0.3, -0.25) is 20.2 Å². The number of nitro benzene ring substituents is 1. The summed E-state index contributed by atoms with van der Waals surface area (Å²) in [5.41, 5.74) is 0.785. The van der Waals surface area contributed by atoms with Gasteiger partial charge in [0.2, 0.25) is 5.13 Å². The van der Waals surface area contributed by atoms with Gasteiger partial charge in [-0.1, -0.05) is 46.7 Å². The van der Waals surface area contributed by atoms with Crippen molar-refractivity contribution in [1.29, 1.82) is 0 Å². The summed E-state index contributed by atoms with van der Waals surface area (Å²) < 4.78 is 0. The molecule has 3 rings (SSSR count). The van der Waals surface area contributed by atoms with Crippen LogP contribution in [0.25, 0.3) is 0 Å². The van der Waals surface area contributed by atoms with Crippen molar-refractivity contribution >= 4 is 51.3 Å². The molecule has 132 valence electrons. The molecule has 0 bridgehead atoms. The summed E-state index contributed by atoms with van der Waals surface area (Å²) in [4.78, 5) is 22.5. The third-order valence-electron chi connectivity index (χ3n) is 3.36. The fourth-order valence-corrected chi connectivity index (χ4v) is 3.20. The van der Waals surface area contributed by atoms with Crippen LogP contribution < -0.4 is 5.32 Å². The van der Waals surface area contributed by atoms with Crippen LogP contribution in [-0.2, 0) is 6.42 Å². The summed E-state index contributed by atoms with van der Waals surface area (Å²) in [7, 11) is 0. The van der Waals surface area contributed by atoms with Crippen LogP contribution in [0.15, 0.2) is 42.5 Å². The minimum Gasteiger partial charge on any atom is -0.296 e. The maximum absolute atomic E-state index is 12.3. The number of amides is 1. The Balaban J connectivity index is 1.70. The Labute approximate surface area is 161 Å². The van der Waals surface area contributed by atoms with Gasteiger partial charge in [0.25, 0.3) is 11.6 Å². The van der Waals surface area contributed by atoms with Gasteiger partial charge in [-0.25, -0.2) is 0 Å². The molecule has 0 radical (unpaired) electrons. The second-order valence-corrected chi connectivity index (χ2v) is 7.09. The third-order valence-corrected chi connectivity index (χ3v) is 4.77. The van der Waals surface area contributed by atoms with Crippen molar-refractivity contribution in [3.8, 4) is 0 Å². The van der Waals surface area contributed by atoms with E-state index < -0.39 is 10.8 Å². The van der Waals surface area contributed by atoms with Gasteiger partial charge in [0, 0.05) is 23.1 Å². The van der Waals surface area contributed by atoms with Crippen LogP contribution in [0.1, 0.15) is 20.9 Å². The Kier molecular flexibility index (Phi) is 5.46. The number of rotatable bonds is 5. The van der Waals surface area contributed by atoms with Gasteiger partial charge in [0.15, 0.2) is 0 Å². The molecule has 0 aliphatic carbocycles. The van der Waals surface area contributed by atoms with Crippen molar-refractivity contribution in [2.45, 2.75) is 6.42 Å². The van der Waals surface area contributed by atoms with E-state index in [4.69, 9.17) is 23.2 Å². The normalized spacial score (nSPS) is 10.5. The van der Waals surface area contributed by atoms with E-state index in [0.29, 0.717) is 21.6 Å². The number of carbonyl (C=O) groups excluding carboxylic acids is 1. The number of nitro groups is 1. The largest absolute Gasteiger partial charge is 0.296 e. The lowest BCUT2D eigenvalue weighted by molar-refractivity contribution is -0.384. The quantitative estimate of drug-likeness (QED) is 0.491. The molecule has 0 aliphatic rings. The lowest BCUT2D eigenvalue weighted by Crippen LogP contribution is -2.12. The molecule has 26 heavy (non-hydrogen) atoms. The van der Waals surface area contributed by atoms with Crippen LogP contribution in [0.5, 0.6) is 0 Å². The van der Waals surface area contributed by atoms with Gasteiger partial charge in [-0.2, -0.15) is 0 Å². The van der Waals surface area contributed by atoms with E-state index in [0.717, 1.165) is 11.6 Å². The highest BCUT2D eigenvalue weighted by molar-refractivity contribution is 7.15. The van der Waals surface area contributed by atoms with Gasteiger partial charge in [0.1, 0.15) is 10.0 Å². The number of anilines is 1. The molecule has 0 saturated carbocycles. The Morgan fingerprint density at radius 1 is 1.15 bits per heavy atom. The summed E-state index contributed by atoms with van der Waals surface area (Å²) in [6, 6.07) is 11.2. The molecule has 2 aromatic carbocycles. The summed E-state index contributed by atoms with van der Waals surface area (Å²) in [5, 5.41) is 23.1. The van der Waals surface area contributed by atoms with Crippen molar-refractivity contribution in [3.63, 3.8) is 0 Å². The Morgan fingerprint density at radius 3 is 2.58 bits per heavy atom. The molecule has 1 amide bonds. The molecule has 1 heterocycles. The molecule has 1 aromatic heterocycles. The monoisotopic (exact) mass is 408 g/mol. The molecule has 1 N–H and O–H groups in total. The molecule has 0 spiro atoms. The minimum absolute atomic E-state index is 0.0345. The van der Waals surface area contributed by atoms with Crippen LogP contribution >= 0.6 is 34.5 Å². The van der Waals surface area contributed by atoms with E-state index >= 15 is 0 Å². The SMILES string of the molecule is O=C(Nc1nnc(Cc2ccc(Cl)cc2)s1)c1ccc(Cl)c([N+](=O)[O-])c1. The smallest absolute Gasteiger partial charge is 0.288 e. The molecular weight excluding hydrogens is 399 g/mol. The first kappa shape index (κ1) is 18.2. The van der Waals surface area contributed by atoms with E-state index in [1.165, 1.54) is 23.5 Å². The van der Waals surface area contributed by atoms with Crippen LogP contribution in [0.3, 0.4) is 0 Å². The summed E-state index contributed by atoms with van der Waals surface area (Å²) >= 11 is 12.8. The van der Waals surface area contributed by atoms with Gasteiger partial charge in [-0.15, -0.1) is 10.2 Å². The number of halogens is 2. The standard InChI is InChI=1S/C16H10Cl2N4O3S/c17-11-4-1-9(2-5-11)7-14-20-21-16(26-14)19-15(23)10-3-6-12(18)13(8-10)22(24)25/h1-6,8H,7H2,(H,19,21,23). The van der Waals surface area contributed by atoms with Crippen LogP contribution in [0, 0.1) is 10.1 Å². The fourth-order valence-electron chi connectivity index (χ4n) is 2.12. The van der Waals surface area contributed by atoms with Crippen LogP contribution in [0.4, 0.5) is 10.8 Å². The molecule has 7 nitrogen and oxygen atoms in total. The first-order valence-electron chi connectivity index (χ1n) is 7.24. The minimum atomic E-state index is -0.645. The number of nitrogens with zero attached hydrogens (tertiary/aromatic N) is 3. The average Bonchev–Trinajstić information content (AvgIpc) is 3.04. The maximum Gasteiger partial charge on any atom is 0.288 e. The molecule has 0 fully saturated rings. The van der Waals surface area contributed by atoms with Gasteiger partial charge < -0.3 is 0 Å². The zero-order valence-electron chi connectivity index (χ0n) is 13.0. The zero-order chi connectivity index (χ0) is 18.7. The third kappa shape index (κ3) is 4.34. The average molecular weight is 409 g/mol. The van der Waals surface area contributed by atoms with Gasteiger partial charge in [-0.05, 0) is 29.8 Å². The molecule has 0 saturated heterocycles. The molecule has 0 aliphatic heterocycles. The number of nitrogens with one attached hydrogen (secondary N) is 1. The van der Waals surface area contributed by atoms with E-state index in [1.54, 1.807) is 12.1 Å². The molecule has 3 aromatic rings. The Hall–Kier alpha value is -2.55. The molecule has 0 atom stereocenters. The second-order valence-electron chi connectivity index (χ2n) is 5.18. The topological polar surface area (TPSA) is 98.0 Å². The number of hydrogen-bond donors (Lipinski definition) is 1. The van der Waals surface area contributed by atoms with Gasteiger partial charge in [0.05, 0.1) is 4.92 Å². The first-order chi connectivity index (χ1) is 12.4. The van der Waals surface area contributed by atoms with E-state index in [1.807, 2.05) is 12.1 Å². The number of benzene rings is 2. The van der Waals surface area contributed by atoms with Crippen molar-refractivity contribution in [2.24, 2.45) is 0 Å². The number of carbonyl (C=O) groups is 1. The van der Waals surface area contributed by atoms with Crippen LogP contribution in [0.2, 0.25) is 10.0 Å². The highest BCUT2D eigenvalue weighted by atomic mass is 35.5. The summed E-state index contributed by atoms with van der Waals surface area (Å²) in [6.45, 7) is 0. The van der Waals surface area contributed by atoms with Crippen molar-refractivity contribution < 1.29 is 9.72 Å². The van der Waals surface area contributed by atoms with E-state index in [-0.39, 0.29) is 16.3 Å².